The molecule has 2 atom stereocenters. The summed E-state index contributed by atoms with van der Waals surface area (Å²) < 4.78 is 0. The maximum absolute atomic E-state index is 5.07. The minimum Gasteiger partial charge on any atom is -0.319 e. The van der Waals surface area contributed by atoms with E-state index in [1.807, 2.05) is 18.4 Å². The summed E-state index contributed by atoms with van der Waals surface area (Å²) in [5.41, 5.74) is 1.40. The van der Waals surface area contributed by atoms with Crippen LogP contribution in [0.1, 0.15) is 40.4 Å². The Hall–Kier alpha value is -0.490. The van der Waals surface area contributed by atoms with Crippen LogP contribution in [0.3, 0.4) is 0 Å². The summed E-state index contributed by atoms with van der Waals surface area (Å²) in [6.07, 6.45) is 3.85. The Kier molecular flexibility index (Phi) is 4.40. The molecule has 1 aromatic heterocycles. The smallest absolute Gasteiger partial charge is 0.112 e. The van der Waals surface area contributed by atoms with Crippen LogP contribution in [-0.4, -0.2) is 62.1 Å². The lowest BCUT2D eigenvalue weighted by atomic mass is 9.91. The van der Waals surface area contributed by atoms with E-state index in [0.29, 0.717) is 12.0 Å². The van der Waals surface area contributed by atoms with Gasteiger partial charge in [0.25, 0.3) is 0 Å². The summed E-state index contributed by atoms with van der Waals surface area (Å²) in [6, 6.07) is 0.486. The minimum absolute atomic E-state index is 0.486. The molecule has 0 amide bonds. The van der Waals surface area contributed by atoms with Gasteiger partial charge in [-0.15, -0.1) is 11.3 Å². The number of thiazole rings is 1. The molecule has 0 bridgehead atoms. The highest BCUT2D eigenvalue weighted by Gasteiger charge is 2.30. The standard InChI is InChI=1S/C15H26N4S/c1-16-9-11-5-4-6-13-14(11)17-15(20-13)12-10-18(2)7-8-19(12)3/h11-12,16H,4-10H2,1-3H3. The number of piperazine rings is 1. The van der Waals surface area contributed by atoms with Crippen molar-refractivity contribution in [3.8, 4) is 0 Å². The Morgan fingerprint density at radius 2 is 2.20 bits per heavy atom. The van der Waals surface area contributed by atoms with Crippen LogP contribution in [0.15, 0.2) is 0 Å². The number of hydrogen-bond donors (Lipinski definition) is 1. The highest BCUT2D eigenvalue weighted by atomic mass is 32.1. The fraction of sp³-hybridized carbons (Fsp3) is 0.800. The van der Waals surface area contributed by atoms with Gasteiger partial charge in [-0.05, 0) is 40.4 Å². The SMILES string of the molecule is CNCC1CCCc2sc(C3CN(C)CCN3C)nc21. The molecule has 1 aliphatic heterocycles. The molecule has 3 rings (SSSR count). The molecule has 0 radical (unpaired) electrons. The van der Waals surface area contributed by atoms with Crippen molar-refractivity contribution in [1.82, 2.24) is 20.1 Å². The van der Waals surface area contributed by atoms with E-state index in [1.54, 1.807) is 4.88 Å². The number of aromatic nitrogens is 1. The van der Waals surface area contributed by atoms with E-state index < -0.39 is 0 Å². The van der Waals surface area contributed by atoms with Gasteiger partial charge in [-0.25, -0.2) is 4.98 Å². The Morgan fingerprint density at radius 1 is 1.35 bits per heavy atom. The van der Waals surface area contributed by atoms with Crippen LogP contribution in [0.4, 0.5) is 0 Å². The second kappa shape index (κ2) is 6.10. The number of likely N-dealkylation sites (N-methyl/N-ethyl adjacent to an activating group) is 3. The topological polar surface area (TPSA) is 31.4 Å². The number of hydrogen-bond acceptors (Lipinski definition) is 5. The van der Waals surface area contributed by atoms with Crippen molar-refractivity contribution >= 4 is 11.3 Å². The third-order valence-electron chi connectivity index (χ3n) is 4.67. The van der Waals surface area contributed by atoms with Crippen molar-refractivity contribution in [2.75, 3.05) is 47.3 Å². The first kappa shape index (κ1) is 14.4. The molecule has 20 heavy (non-hydrogen) atoms. The average Bonchev–Trinajstić information content (AvgIpc) is 2.87. The van der Waals surface area contributed by atoms with Gasteiger partial charge in [-0.2, -0.15) is 0 Å². The molecule has 1 aromatic rings. The highest BCUT2D eigenvalue weighted by molar-refractivity contribution is 7.11. The average molecular weight is 294 g/mol. The van der Waals surface area contributed by atoms with Gasteiger partial charge in [0, 0.05) is 37.0 Å². The summed E-state index contributed by atoms with van der Waals surface area (Å²) in [4.78, 5) is 11.5. The normalized spacial score (nSPS) is 28.6. The largest absolute Gasteiger partial charge is 0.319 e. The second-order valence-electron chi connectivity index (χ2n) is 6.27. The van der Waals surface area contributed by atoms with Crippen LogP contribution < -0.4 is 5.32 Å². The third kappa shape index (κ3) is 2.77. The molecule has 0 spiro atoms. The molecule has 1 N–H and O–H groups in total. The first-order valence-corrected chi connectivity index (χ1v) is 8.53. The first-order chi connectivity index (χ1) is 9.69. The lowest BCUT2D eigenvalue weighted by Gasteiger charge is -2.36. The predicted octanol–water partition coefficient (Wildman–Crippen LogP) is 1.70. The number of rotatable bonds is 3. The van der Waals surface area contributed by atoms with Crippen LogP contribution in [0, 0.1) is 0 Å². The highest BCUT2D eigenvalue weighted by Crippen LogP contribution is 2.37. The van der Waals surface area contributed by atoms with Crippen molar-refractivity contribution in [3.05, 3.63) is 15.6 Å². The summed E-state index contributed by atoms with van der Waals surface area (Å²) in [7, 11) is 6.51. The molecule has 4 nitrogen and oxygen atoms in total. The lowest BCUT2D eigenvalue weighted by Crippen LogP contribution is -2.44. The molecule has 112 valence electrons. The van der Waals surface area contributed by atoms with Crippen molar-refractivity contribution in [2.45, 2.75) is 31.2 Å². The van der Waals surface area contributed by atoms with Gasteiger partial charge in [-0.3, -0.25) is 4.90 Å². The van der Waals surface area contributed by atoms with E-state index in [2.05, 4.69) is 29.2 Å². The maximum atomic E-state index is 5.07. The molecule has 2 aliphatic rings. The summed E-state index contributed by atoms with van der Waals surface area (Å²) in [6.45, 7) is 4.49. The van der Waals surface area contributed by atoms with Crippen LogP contribution in [0.25, 0.3) is 0 Å². The quantitative estimate of drug-likeness (QED) is 0.919. The molecular formula is C15H26N4S. The molecule has 2 unspecified atom stereocenters. The molecular weight excluding hydrogens is 268 g/mol. The Bertz CT molecular complexity index is 459. The molecule has 1 aliphatic carbocycles. The number of fused-ring (bicyclic) bond motifs is 1. The van der Waals surface area contributed by atoms with Crippen LogP contribution in [0.2, 0.25) is 0 Å². The van der Waals surface area contributed by atoms with Gasteiger partial charge in [-0.1, -0.05) is 0 Å². The summed E-state index contributed by atoms with van der Waals surface area (Å²) in [5, 5.41) is 4.67. The fourth-order valence-electron chi connectivity index (χ4n) is 3.39. The van der Waals surface area contributed by atoms with Crippen LogP contribution in [-0.2, 0) is 6.42 Å². The maximum Gasteiger partial charge on any atom is 0.112 e. The lowest BCUT2D eigenvalue weighted by molar-refractivity contribution is 0.115. The zero-order chi connectivity index (χ0) is 14.1. The molecule has 5 heteroatoms. The fourth-order valence-corrected chi connectivity index (χ4v) is 4.74. The van der Waals surface area contributed by atoms with E-state index in [0.717, 1.165) is 19.6 Å². The van der Waals surface area contributed by atoms with E-state index in [-0.39, 0.29) is 0 Å². The molecule has 0 saturated carbocycles. The zero-order valence-corrected chi connectivity index (χ0v) is 13.7. The van der Waals surface area contributed by atoms with E-state index >= 15 is 0 Å². The van der Waals surface area contributed by atoms with Crippen molar-refractivity contribution in [1.29, 1.82) is 0 Å². The van der Waals surface area contributed by atoms with Gasteiger partial charge in [0.1, 0.15) is 5.01 Å². The molecule has 1 fully saturated rings. The van der Waals surface area contributed by atoms with Gasteiger partial charge < -0.3 is 10.2 Å². The van der Waals surface area contributed by atoms with Crippen LogP contribution >= 0.6 is 11.3 Å². The van der Waals surface area contributed by atoms with Gasteiger partial charge in [0.15, 0.2) is 0 Å². The Labute approximate surface area is 126 Å². The summed E-state index contributed by atoms with van der Waals surface area (Å²) >= 11 is 1.97. The molecule has 2 heterocycles. The Balaban J connectivity index is 1.84. The molecule has 0 aromatic carbocycles. The predicted molar refractivity (Wildman–Crippen MR) is 84.6 cm³/mol. The zero-order valence-electron chi connectivity index (χ0n) is 12.9. The van der Waals surface area contributed by atoms with E-state index in [1.165, 1.54) is 36.5 Å². The van der Waals surface area contributed by atoms with Crippen molar-refractivity contribution < 1.29 is 0 Å². The van der Waals surface area contributed by atoms with Crippen molar-refractivity contribution in [2.24, 2.45) is 0 Å². The monoisotopic (exact) mass is 294 g/mol. The van der Waals surface area contributed by atoms with Gasteiger partial charge in [0.05, 0.1) is 11.7 Å². The first-order valence-electron chi connectivity index (χ1n) is 7.72. The van der Waals surface area contributed by atoms with Crippen LogP contribution in [0.5, 0.6) is 0 Å². The number of aryl methyl sites for hydroxylation is 1. The van der Waals surface area contributed by atoms with Gasteiger partial charge in [0.2, 0.25) is 0 Å². The third-order valence-corrected chi connectivity index (χ3v) is 5.91. The second-order valence-corrected chi connectivity index (χ2v) is 7.38. The number of nitrogens with zero attached hydrogens (tertiary/aromatic N) is 3. The molecule has 1 saturated heterocycles. The van der Waals surface area contributed by atoms with E-state index in [9.17, 15) is 0 Å². The van der Waals surface area contributed by atoms with Crippen molar-refractivity contribution in [3.63, 3.8) is 0 Å². The van der Waals surface area contributed by atoms with E-state index in [4.69, 9.17) is 4.98 Å². The van der Waals surface area contributed by atoms with Gasteiger partial charge >= 0.3 is 0 Å². The number of nitrogens with one attached hydrogen (secondary N) is 1. The minimum atomic E-state index is 0.486. The summed E-state index contributed by atoms with van der Waals surface area (Å²) in [5.74, 6) is 0.625. The Morgan fingerprint density at radius 3 is 3.00 bits per heavy atom.